The summed E-state index contributed by atoms with van der Waals surface area (Å²) >= 11 is 0. The Kier molecular flexibility index (Phi) is 4.26. The monoisotopic (exact) mass is 282 g/mol. The average Bonchev–Trinajstić information content (AvgIpc) is 2.55. The number of hydrogen-bond acceptors (Lipinski definition) is 2. The lowest BCUT2D eigenvalue weighted by Gasteiger charge is -2.26. The molecule has 2 aromatic rings. The van der Waals surface area contributed by atoms with Crippen molar-refractivity contribution in [3.8, 4) is 5.75 Å². The van der Waals surface area contributed by atoms with Gasteiger partial charge in [-0.3, -0.25) is 0 Å². The van der Waals surface area contributed by atoms with Gasteiger partial charge in [-0.1, -0.05) is 36.4 Å². The maximum atomic E-state index is 9.04. The number of aliphatic hydroxyl groups is 1. The van der Waals surface area contributed by atoms with E-state index < -0.39 is 0 Å². The van der Waals surface area contributed by atoms with Crippen LogP contribution in [0.5, 0.6) is 5.75 Å². The predicted octanol–water partition coefficient (Wildman–Crippen LogP) is 3.91. The fourth-order valence-corrected chi connectivity index (χ4v) is 3.15. The molecule has 21 heavy (non-hydrogen) atoms. The maximum absolute atomic E-state index is 9.04. The normalized spacial score (nSPS) is 18.9. The molecule has 0 saturated heterocycles. The zero-order chi connectivity index (χ0) is 14.7. The summed E-state index contributed by atoms with van der Waals surface area (Å²) in [5.74, 6) is 1.32. The molecule has 0 fully saturated rings. The van der Waals surface area contributed by atoms with Gasteiger partial charge in [-0.2, -0.15) is 0 Å². The highest BCUT2D eigenvalue weighted by molar-refractivity contribution is 5.41. The second-order valence-electron chi connectivity index (χ2n) is 5.82. The molecule has 2 nitrogen and oxygen atoms in total. The van der Waals surface area contributed by atoms with Gasteiger partial charge in [0.25, 0.3) is 0 Å². The van der Waals surface area contributed by atoms with Crippen molar-refractivity contribution >= 4 is 0 Å². The fraction of sp³-hybridized carbons (Fsp3) is 0.368. The molecule has 1 aliphatic carbocycles. The molecule has 0 amide bonds. The first-order valence-electron chi connectivity index (χ1n) is 7.73. The summed E-state index contributed by atoms with van der Waals surface area (Å²) in [6.45, 7) is 1.91. The number of hydrogen-bond donors (Lipinski definition) is 1. The van der Waals surface area contributed by atoms with Gasteiger partial charge in [0.15, 0.2) is 0 Å². The molecule has 0 heterocycles. The van der Waals surface area contributed by atoms with Gasteiger partial charge >= 0.3 is 0 Å². The smallest absolute Gasteiger partial charge is 0.119 e. The number of benzene rings is 2. The van der Waals surface area contributed by atoms with Crippen LogP contribution in [0, 0.1) is 0 Å². The third-order valence-corrected chi connectivity index (χ3v) is 4.25. The van der Waals surface area contributed by atoms with Crippen molar-refractivity contribution in [2.45, 2.75) is 38.2 Å². The Morgan fingerprint density at radius 1 is 1.14 bits per heavy atom. The van der Waals surface area contributed by atoms with E-state index in [0.717, 1.165) is 5.75 Å². The lowest BCUT2D eigenvalue weighted by atomic mass is 9.79. The van der Waals surface area contributed by atoms with E-state index in [1.807, 2.05) is 19.1 Å². The van der Waals surface area contributed by atoms with E-state index in [9.17, 15) is 0 Å². The first kappa shape index (κ1) is 14.2. The van der Waals surface area contributed by atoms with Crippen molar-refractivity contribution in [2.75, 3.05) is 6.61 Å². The molecule has 0 bridgehead atoms. The quantitative estimate of drug-likeness (QED) is 0.921. The van der Waals surface area contributed by atoms with E-state index in [2.05, 4.69) is 36.4 Å². The average molecular weight is 282 g/mol. The number of fused-ring (bicyclic) bond motifs is 1. The Balaban J connectivity index is 1.82. The Hall–Kier alpha value is -1.80. The van der Waals surface area contributed by atoms with Gasteiger partial charge in [0.1, 0.15) is 11.9 Å². The fourth-order valence-electron chi connectivity index (χ4n) is 3.15. The van der Waals surface area contributed by atoms with E-state index in [1.165, 1.54) is 36.0 Å². The van der Waals surface area contributed by atoms with Crippen molar-refractivity contribution in [3.63, 3.8) is 0 Å². The lowest BCUT2D eigenvalue weighted by molar-refractivity contribution is 0.129. The maximum Gasteiger partial charge on any atom is 0.119 e. The Morgan fingerprint density at radius 3 is 2.67 bits per heavy atom. The number of aliphatic hydroxyl groups excluding tert-OH is 1. The molecule has 2 atom stereocenters. The summed E-state index contributed by atoms with van der Waals surface area (Å²) in [5, 5.41) is 9.04. The number of ether oxygens (including phenoxy) is 1. The second-order valence-corrected chi connectivity index (χ2v) is 5.82. The summed E-state index contributed by atoms with van der Waals surface area (Å²) in [7, 11) is 0. The van der Waals surface area contributed by atoms with Crippen LogP contribution in [-0.2, 0) is 6.42 Å². The van der Waals surface area contributed by atoms with E-state index in [4.69, 9.17) is 9.84 Å². The first-order valence-corrected chi connectivity index (χ1v) is 7.73. The van der Waals surface area contributed by atoms with Crippen LogP contribution < -0.4 is 4.74 Å². The minimum atomic E-state index is -0.161. The van der Waals surface area contributed by atoms with Gasteiger partial charge in [0.05, 0.1) is 6.61 Å². The van der Waals surface area contributed by atoms with Crippen LogP contribution in [0.1, 0.15) is 42.4 Å². The Labute approximate surface area is 126 Å². The van der Waals surface area contributed by atoms with E-state index >= 15 is 0 Å². The molecule has 0 saturated carbocycles. The van der Waals surface area contributed by atoms with Crippen LogP contribution in [0.15, 0.2) is 48.5 Å². The van der Waals surface area contributed by atoms with Gasteiger partial charge in [0.2, 0.25) is 0 Å². The van der Waals surface area contributed by atoms with Crippen molar-refractivity contribution in [1.82, 2.24) is 0 Å². The SMILES string of the molecule is CC(CO)Oc1ccc(C2CCCc3ccccc32)cc1. The number of rotatable bonds is 4. The van der Waals surface area contributed by atoms with Gasteiger partial charge in [-0.25, -0.2) is 0 Å². The van der Waals surface area contributed by atoms with Gasteiger partial charge < -0.3 is 9.84 Å². The van der Waals surface area contributed by atoms with Crippen LogP contribution in [0.4, 0.5) is 0 Å². The molecule has 2 unspecified atom stereocenters. The molecule has 0 aliphatic heterocycles. The van der Waals surface area contributed by atoms with Gasteiger partial charge in [-0.15, -0.1) is 0 Å². The molecular formula is C19H22O2. The molecule has 1 N–H and O–H groups in total. The molecule has 0 aromatic heterocycles. The molecule has 2 aromatic carbocycles. The highest BCUT2D eigenvalue weighted by Gasteiger charge is 2.21. The van der Waals surface area contributed by atoms with Gasteiger partial charge in [-0.05, 0) is 55.0 Å². The van der Waals surface area contributed by atoms with Gasteiger partial charge in [0, 0.05) is 5.92 Å². The van der Waals surface area contributed by atoms with Crippen molar-refractivity contribution in [1.29, 1.82) is 0 Å². The predicted molar refractivity (Wildman–Crippen MR) is 84.8 cm³/mol. The minimum absolute atomic E-state index is 0.0394. The molecular weight excluding hydrogens is 260 g/mol. The first-order chi connectivity index (χ1) is 10.3. The summed E-state index contributed by atoms with van der Waals surface area (Å²) in [6.07, 6.45) is 3.50. The van der Waals surface area contributed by atoms with Crippen molar-refractivity contribution in [3.05, 3.63) is 65.2 Å². The molecule has 0 radical (unpaired) electrons. The zero-order valence-corrected chi connectivity index (χ0v) is 12.5. The standard InChI is InChI=1S/C19H22O2/c1-14(13-20)21-17-11-9-16(10-12-17)19-8-4-6-15-5-2-3-7-18(15)19/h2-3,5,7,9-12,14,19-20H,4,6,8,13H2,1H3. The minimum Gasteiger partial charge on any atom is -0.488 e. The third-order valence-electron chi connectivity index (χ3n) is 4.25. The highest BCUT2D eigenvalue weighted by atomic mass is 16.5. The zero-order valence-electron chi connectivity index (χ0n) is 12.5. The lowest BCUT2D eigenvalue weighted by Crippen LogP contribution is -2.16. The van der Waals surface area contributed by atoms with E-state index in [-0.39, 0.29) is 12.7 Å². The van der Waals surface area contributed by atoms with Crippen LogP contribution in [0.25, 0.3) is 0 Å². The molecule has 0 spiro atoms. The third kappa shape index (κ3) is 3.11. The van der Waals surface area contributed by atoms with Crippen molar-refractivity contribution in [2.24, 2.45) is 0 Å². The Bertz CT molecular complexity index is 589. The van der Waals surface area contributed by atoms with Crippen LogP contribution in [0.2, 0.25) is 0 Å². The summed E-state index contributed by atoms with van der Waals surface area (Å²) < 4.78 is 5.63. The van der Waals surface area contributed by atoms with Crippen LogP contribution in [-0.4, -0.2) is 17.8 Å². The van der Waals surface area contributed by atoms with Crippen molar-refractivity contribution < 1.29 is 9.84 Å². The molecule has 1 aliphatic rings. The summed E-state index contributed by atoms with van der Waals surface area (Å²) in [5.41, 5.74) is 4.32. The van der Waals surface area contributed by atoms with Crippen LogP contribution in [0.3, 0.4) is 0 Å². The topological polar surface area (TPSA) is 29.5 Å². The summed E-state index contributed by atoms with van der Waals surface area (Å²) in [6, 6.07) is 17.1. The highest BCUT2D eigenvalue weighted by Crippen LogP contribution is 2.36. The largest absolute Gasteiger partial charge is 0.488 e. The van der Waals surface area contributed by atoms with E-state index in [1.54, 1.807) is 0 Å². The Morgan fingerprint density at radius 2 is 1.90 bits per heavy atom. The summed E-state index contributed by atoms with van der Waals surface area (Å²) in [4.78, 5) is 0. The second kappa shape index (κ2) is 6.31. The van der Waals surface area contributed by atoms with E-state index in [0.29, 0.717) is 5.92 Å². The molecule has 2 heteroatoms. The molecule has 3 rings (SSSR count). The van der Waals surface area contributed by atoms with Crippen LogP contribution >= 0.6 is 0 Å². The molecule has 110 valence electrons. The number of aryl methyl sites for hydroxylation is 1.